The third-order valence-electron chi connectivity index (χ3n) is 5.30. The van der Waals surface area contributed by atoms with Crippen LogP contribution in [0.25, 0.3) is 22.1 Å². The Balaban J connectivity index is 1.62. The molecule has 30 heavy (non-hydrogen) atoms. The first-order valence-corrected chi connectivity index (χ1v) is 10.4. The number of hydrogen-bond acceptors (Lipinski definition) is 6. The van der Waals surface area contributed by atoms with Gasteiger partial charge in [-0.2, -0.15) is 0 Å². The Bertz CT molecular complexity index is 1030. The first-order chi connectivity index (χ1) is 14.4. The average molecular weight is 415 g/mol. The number of H-pyrrole nitrogens is 1. The molecule has 1 aliphatic heterocycles. The quantitative estimate of drug-likeness (QED) is 0.620. The van der Waals surface area contributed by atoms with Crippen molar-refractivity contribution in [2.45, 2.75) is 45.3 Å². The van der Waals surface area contributed by atoms with Crippen molar-refractivity contribution in [3.8, 4) is 0 Å². The van der Waals surface area contributed by atoms with Gasteiger partial charge >= 0.3 is 6.09 Å². The number of aromatic amines is 1. The van der Waals surface area contributed by atoms with Crippen LogP contribution in [0.2, 0.25) is 0 Å². The third-order valence-corrected chi connectivity index (χ3v) is 5.30. The van der Waals surface area contributed by atoms with E-state index < -0.39 is 5.60 Å². The molecule has 0 aliphatic carbocycles. The summed E-state index contributed by atoms with van der Waals surface area (Å²) >= 11 is 0. The Morgan fingerprint density at radius 2 is 2.10 bits per heavy atom. The van der Waals surface area contributed by atoms with Crippen LogP contribution in [0.3, 0.4) is 0 Å². The molecule has 162 valence electrons. The standard InChI is InChI=1S/C21H30N6O3/c1-21(2,3)30-20(28)26-10-6-14(7-11-26)27-17-15-5-8-22-18(15)24-13-16(17)25-19(27)23-9-12-29-4/h5,8,13-14H,6-7,9-12H2,1-4H3,(H,22,24)(H,23,25). The molecule has 1 amide bonds. The molecule has 0 radical (unpaired) electrons. The molecule has 3 aromatic heterocycles. The molecule has 0 unspecified atom stereocenters. The van der Waals surface area contributed by atoms with E-state index in [1.165, 1.54) is 0 Å². The largest absolute Gasteiger partial charge is 0.444 e. The van der Waals surface area contributed by atoms with Crippen LogP contribution in [-0.4, -0.2) is 69.5 Å². The molecule has 1 aliphatic rings. The van der Waals surface area contributed by atoms with Gasteiger partial charge in [0.05, 0.1) is 18.3 Å². The molecule has 1 fully saturated rings. The number of amides is 1. The molecular weight excluding hydrogens is 384 g/mol. The summed E-state index contributed by atoms with van der Waals surface area (Å²) in [5.74, 6) is 0.813. The molecule has 2 N–H and O–H groups in total. The fourth-order valence-corrected chi connectivity index (χ4v) is 3.97. The lowest BCUT2D eigenvalue weighted by Crippen LogP contribution is -2.42. The number of carbonyl (C=O) groups excluding carboxylic acids is 1. The summed E-state index contributed by atoms with van der Waals surface area (Å²) in [6.45, 7) is 8.24. The lowest BCUT2D eigenvalue weighted by Gasteiger charge is -2.34. The summed E-state index contributed by atoms with van der Waals surface area (Å²) in [5.41, 5.74) is 2.28. The van der Waals surface area contributed by atoms with Crippen LogP contribution < -0.4 is 5.32 Å². The first-order valence-electron chi connectivity index (χ1n) is 10.4. The van der Waals surface area contributed by atoms with E-state index in [0.29, 0.717) is 26.2 Å². The Morgan fingerprint density at radius 3 is 2.80 bits per heavy atom. The molecule has 0 aromatic carbocycles. The number of ether oxygens (including phenoxy) is 2. The number of fused-ring (bicyclic) bond motifs is 3. The van der Waals surface area contributed by atoms with Gasteiger partial charge in [0.25, 0.3) is 0 Å². The number of rotatable bonds is 5. The van der Waals surface area contributed by atoms with Crippen LogP contribution in [0.15, 0.2) is 18.5 Å². The van der Waals surface area contributed by atoms with Crippen LogP contribution in [0.5, 0.6) is 0 Å². The highest BCUT2D eigenvalue weighted by Crippen LogP contribution is 2.34. The van der Waals surface area contributed by atoms with Gasteiger partial charge < -0.3 is 29.2 Å². The van der Waals surface area contributed by atoms with Gasteiger partial charge in [-0.1, -0.05) is 0 Å². The van der Waals surface area contributed by atoms with Crippen LogP contribution >= 0.6 is 0 Å². The van der Waals surface area contributed by atoms with E-state index in [2.05, 4.69) is 19.9 Å². The summed E-state index contributed by atoms with van der Waals surface area (Å²) in [6.07, 6.45) is 5.13. The Labute approximate surface area is 175 Å². The number of hydrogen-bond donors (Lipinski definition) is 2. The maximum atomic E-state index is 12.4. The second kappa shape index (κ2) is 8.14. The SMILES string of the molecule is COCCNc1nc2cnc3[nH]ccc3c2n1C1CCN(C(=O)OC(C)(C)C)CC1. The second-order valence-corrected chi connectivity index (χ2v) is 8.66. The van der Waals surface area contributed by atoms with Crippen molar-refractivity contribution >= 4 is 34.1 Å². The first kappa shape index (κ1) is 20.5. The molecule has 9 nitrogen and oxygen atoms in total. The number of aromatic nitrogens is 4. The van der Waals surface area contributed by atoms with Gasteiger partial charge in [0.1, 0.15) is 16.8 Å². The molecule has 3 aromatic rings. The highest BCUT2D eigenvalue weighted by atomic mass is 16.6. The number of piperidine rings is 1. The lowest BCUT2D eigenvalue weighted by molar-refractivity contribution is 0.0190. The Hall–Kier alpha value is -2.81. The Kier molecular flexibility index (Phi) is 5.55. The minimum Gasteiger partial charge on any atom is -0.444 e. The van der Waals surface area contributed by atoms with E-state index in [1.807, 2.05) is 39.2 Å². The number of methoxy groups -OCH3 is 1. The molecule has 0 atom stereocenters. The topological polar surface area (TPSA) is 97.3 Å². The molecule has 4 rings (SSSR count). The molecular formula is C21H30N6O3. The van der Waals surface area contributed by atoms with Crippen LogP contribution in [0.4, 0.5) is 10.7 Å². The molecule has 0 bridgehead atoms. The van der Waals surface area contributed by atoms with Crippen LogP contribution in [-0.2, 0) is 9.47 Å². The van der Waals surface area contributed by atoms with Gasteiger partial charge in [-0.25, -0.2) is 14.8 Å². The minimum absolute atomic E-state index is 0.222. The van der Waals surface area contributed by atoms with Crippen molar-refractivity contribution in [1.29, 1.82) is 0 Å². The predicted octanol–water partition coefficient (Wildman–Crippen LogP) is 3.54. The zero-order valence-corrected chi connectivity index (χ0v) is 18.1. The fraction of sp³-hybridized carbons (Fsp3) is 0.571. The number of carbonyl (C=O) groups is 1. The van der Waals surface area contributed by atoms with Gasteiger partial charge in [-0.3, -0.25) is 0 Å². The number of anilines is 1. The summed E-state index contributed by atoms with van der Waals surface area (Å²) in [5, 5.41) is 4.46. The van der Waals surface area contributed by atoms with Crippen molar-refractivity contribution in [3.05, 3.63) is 18.5 Å². The minimum atomic E-state index is -0.486. The van der Waals surface area contributed by atoms with Crippen molar-refractivity contribution in [3.63, 3.8) is 0 Å². The molecule has 1 saturated heterocycles. The number of pyridine rings is 1. The highest BCUT2D eigenvalue weighted by Gasteiger charge is 2.30. The number of imidazole rings is 1. The maximum absolute atomic E-state index is 12.4. The zero-order valence-electron chi connectivity index (χ0n) is 18.1. The monoisotopic (exact) mass is 414 g/mol. The average Bonchev–Trinajstić information content (AvgIpc) is 3.31. The summed E-state index contributed by atoms with van der Waals surface area (Å²) < 4.78 is 13.0. The van der Waals surface area contributed by atoms with Crippen LogP contribution in [0, 0.1) is 0 Å². The fourth-order valence-electron chi connectivity index (χ4n) is 3.97. The van der Waals surface area contributed by atoms with E-state index in [4.69, 9.17) is 14.5 Å². The summed E-state index contributed by atoms with van der Waals surface area (Å²) in [7, 11) is 1.68. The zero-order chi connectivity index (χ0) is 21.3. The third kappa shape index (κ3) is 4.07. The van der Waals surface area contributed by atoms with E-state index in [1.54, 1.807) is 12.0 Å². The van der Waals surface area contributed by atoms with Crippen LogP contribution in [0.1, 0.15) is 39.7 Å². The number of nitrogens with one attached hydrogen (secondary N) is 2. The van der Waals surface area contributed by atoms with Gasteiger partial charge in [0, 0.05) is 44.4 Å². The Morgan fingerprint density at radius 1 is 1.33 bits per heavy atom. The maximum Gasteiger partial charge on any atom is 0.410 e. The van der Waals surface area contributed by atoms with E-state index >= 15 is 0 Å². The summed E-state index contributed by atoms with van der Waals surface area (Å²) in [4.78, 5) is 26.7. The molecule has 0 saturated carbocycles. The van der Waals surface area contributed by atoms with Gasteiger partial charge in [-0.05, 0) is 39.7 Å². The molecule has 0 spiro atoms. The smallest absolute Gasteiger partial charge is 0.410 e. The highest BCUT2D eigenvalue weighted by molar-refractivity contribution is 6.02. The van der Waals surface area contributed by atoms with Gasteiger partial charge in [0.15, 0.2) is 0 Å². The molecule has 4 heterocycles. The lowest BCUT2D eigenvalue weighted by atomic mass is 10.0. The van der Waals surface area contributed by atoms with Crippen molar-refractivity contribution in [2.24, 2.45) is 0 Å². The van der Waals surface area contributed by atoms with E-state index in [-0.39, 0.29) is 12.1 Å². The predicted molar refractivity (Wildman–Crippen MR) is 116 cm³/mol. The normalized spacial score (nSPS) is 15.8. The molecule has 9 heteroatoms. The van der Waals surface area contributed by atoms with Gasteiger partial charge in [0.2, 0.25) is 5.95 Å². The van der Waals surface area contributed by atoms with Crippen molar-refractivity contribution in [2.75, 3.05) is 38.7 Å². The second-order valence-electron chi connectivity index (χ2n) is 8.66. The number of nitrogens with zero attached hydrogens (tertiary/aromatic N) is 4. The summed E-state index contributed by atoms with van der Waals surface area (Å²) in [6, 6.07) is 2.26. The number of likely N-dealkylation sites (tertiary alicyclic amines) is 1. The van der Waals surface area contributed by atoms with E-state index in [0.717, 1.165) is 40.9 Å². The van der Waals surface area contributed by atoms with Crippen molar-refractivity contribution in [1.82, 2.24) is 24.4 Å². The van der Waals surface area contributed by atoms with Crippen molar-refractivity contribution < 1.29 is 14.3 Å². The van der Waals surface area contributed by atoms with Gasteiger partial charge in [-0.15, -0.1) is 0 Å². The van der Waals surface area contributed by atoms with E-state index in [9.17, 15) is 4.79 Å².